The Labute approximate surface area is 77.5 Å². The number of hydrogen-bond donors (Lipinski definition) is 0. The first-order valence-electron chi connectivity index (χ1n) is 4.51. The monoisotopic (exact) mass is 172 g/mol. The molecule has 0 fully saturated rings. The van der Waals surface area contributed by atoms with Crippen LogP contribution in [0, 0.1) is 0 Å². The van der Waals surface area contributed by atoms with Crippen LogP contribution in [-0.4, -0.2) is 42.1 Å². The molecule has 0 aromatic carbocycles. The van der Waals surface area contributed by atoms with Gasteiger partial charge in [-0.05, 0) is 55.8 Å². The van der Waals surface area contributed by atoms with Crippen LogP contribution in [0.4, 0.5) is 0 Å². The smallest absolute Gasteiger partial charge is 0.0676 e. The standard InChI is InChI=1S/C10H24N2/c1-9(2,3)12(8)10(4,5)11(6)7/h1-8H3. The van der Waals surface area contributed by atoms with Crippen LogP contribution < -0.4 is 0 Å². The van der Waals surface area contributed by atoms with Gasteiger partial charge in [-0.1, -0.05) is 0 Å². The van der Waals surface area contributed by atoms with Crippen LogP contribution in [0.3, 0.4) is 0 Å². The first-order valence-corrected chi connectivity index (χ1v) is 4.51. The molecule has 0 unspecified atom stereocenters. The Bertz CT molecular complexity index is 142. The van der Waals surface area contributed by atoms with Crippen molar-refractivity contribution in [2.75, 3.05) is 21.1 Å². The van der Waals surface area contributed by atoms with E-state index in [1.165, 1.54) is 0 Å². The Morgan fingerprint density at radius 3 is 1.17 bits per heavy atom. The highest BCUT2D eigenvalue weighted by atomic mass is 15.4. The third-order valence-electron chi connectivity index (χ3n) is 2.92. The fourth-order valence-corrected chi connectivity index (χ4v) is 1.12. The van der Waals surface area contributed by atoms with Crippen molar-refractivity contribution in [2.24, 2.45) is 0 Å². The Morgan fingerprint density at radius 1 is 0.750 bits per heavy atom. The molecule has 2 nitrogen and oxygen atoms in total. The lowest BCUT2D eigenvalue weighted by atomic mass is 10.0. The molecule has 0 saturated carbocycles. The summed E-state index contributed by atoms with van der Waals surface area (Å²) in [5, 5.41) is 0. The summed E-state index contributed by atoms with van der Waals surface area (Å²) in [4.78, 5) is 4.61. The Kier molecular flexibility index (Phi) is 3.32. The highest BCUT2D eigenvalue weighted by Crippen LogP contribution is 2.23. The van der Waals surface area contributed by atoms with Crippen LogP contribution in [0.15, 0.2) is 0 Å². The summed E-state index contributed by atoms with van der Waals surface area (Å²) >= 11 is 0. The van der Waals surface area contributed by atoms with Gasteiger partial charge in [-0.3, -0.25) is 9.80 Å². The van der Waals surface area contributed by atoms with Crippen molar-refractivity contribution in [2.45, 2.75) is 45.8 Å². The SMILES string of the molecule is CN(C)C(C)(C)N(C)C(C)(C)C. The summed E-state index contributed by atoms with van der Waals surface area (Å²) < 4.78 is 0. The highest BCUT2D eigenvalue weighted by Gasteiger charge is 2.32. The molecule has 0 radical (unpaired) electrons. The largest absolute Gasteiger partial charge is 0.292 e. The van der Waals surface area contributed by atoms with E-state index in [4.69, 9.17) is 0 Å². The third kappa shape index (κ3) is 2.46. The minimum Gasteiger partial charge on any atom is -0.292 e. The predicted octanol–water partition coefficient (Wildman–Crippen LogP) is 2.01. The molecule has 0 saturated heterocycles. The Balaban J connectivity index is 4.57. The fraction of sp³-hybridized carbons (Fsp3) is 1.00. The van der Waals surface area contributed by atoms with Crippen molar-refractivity contribution in [1.29, 1.82) is 0 Å². The van der Waals surface area contributed by atoms with Crippen molar-refractivity contribution < 1.29 is 0 Å². The molecule has 2 heteroatoms. The van der Waals surface area contributed by atoms with Crippen LogP contribution in [0.2, 0.25) is 0 Å². The minimum atomic E-state index is 0.109. The van der Waals surface area contributed by atoms with Gasteiger partial charge in [0.2, 0.25) is 0 Å². The topological polar surface area (TPSA) is 6.48 Å². The second-order valence-electron chi connectivity index (χ2n) is 5.12. The molecule has 0 heterocycles. The number of hydrogen-bond acceptors (Lipinski definition) is 2. The predicted molar refractivity (Wildman–Crippen MR) is 55.3 cm³/mol. The van der Waals surface area contributed by atoms with Crippen LogP contribution in [0.1, 0.15) is 34.6 Å². The first kappa shape index (κ1) is 11.9. The lowest BCUT2D eigenvalue weighted by Crippen LogP contribution is -2.58. The van der Waals surface area contributed by atoms with Gasteiger partial charge in [0, 0.05) is 5.54 Å². The maximum absolute atomic E-state index is 2.38. The maximum atomic E-state index is 2.38. The van der Waals surface area contributed by atoms with E-state index >= 15 is 0 Å². The summed E-state index contributed by atoms with van der Waals surface area (Å²) in [7, 11) is 6.39. The number of nitrogens with zero attached hydrogens (tertiary/aromatic N) is 2. The molecular formula is C10H24N2. The molecule has 0 bridgehead atoms. The molecule has 0 spiro atoms. The van der Waals surface area contributed by atoms with Gasteiger partial charge in [-0.2, -0.15) is 0 Å². The van der Waals surface area contributed by atoms with Crippen LogP contribution >= 0.6 is 0 Å². The molecule has 74 valence electrons. The average molecular weight is 172 g/mol. The van der Waals surface area contributed by atoms with Gasteiger partial charge in [0.05, 0.1) is 5.66 Å². The summed E-state index contributed by atoms with van der Waals surface area (Å²) in [6, 6.07) is 0. The highest BCUT2D eigenvalue weighted by molar-refractivity contribution is 4.85. The zero-order valence-corrected chi connectivity index (χ0v) is 9.89. The van der Waals surface area contributed by atoms with Crippen molar-refractivity contribution in [3.63, 3.8) is 0 Å². The van der Waals surface area contributed by atoms with Crippen molar-refractivity contribution in [1.82, 2.24) is 9.80 Å². The van der Waals surface area contributed by atoms with E-state index < -0.39 is 0 Å². The lowest BCUT2D eigenvalue weighted by molar-refractivity contribution is -0.0375. The van der Waals surface area contributed by atoms with Crippen molar-refractivity contribution >= 4 is 0 Å². The van der Waals surface area contributed by atoms with Crippen molar-refractivity contribution in [3.8, 4) is 0 Å². The molecular weight excluding hydrogens is 148 g/mol. The van der Waals surface area contributed by atoms with E-state index in [0.717, 1.165) is 0 Å². The van der Waals surface area contributed by atoms with Gasteiger partial charge in [-0.25, -0.2) is 0 Å². The molecule has 0 N–H and O–H groups in total. The molecule has 12 heavy (non-hydrogen) atoms. The molecule has 0 aliphatic carbocycles. The second kappa shape index (κ2) is 3.35. The zero-order chi connectivity index (χ0) is 10.2. The molecule has 0 amide bonds. The normalized spacial score (nSPS) is 14.5. The van der Waals surface area contributed by atoms with E-state index in [-0.39, 0.29) is 11.2 Å². The quantitative estimate of drug-likeness (QED) is 0.588. The van der Waals surface area contributed by atoms with E-state index in [1.54, 1.807) is 0 Å². The molecule has 0 atom stereocenters. The van der Waals surface area contributed by atoms with E-state index in [0.29, 0.717) is 0 Å². The lowest BCUT2D eigenvalue weighted by Gasteiger charge is -2.48. The Hall–Kier alpha value is -0.0800. The molecule has 0 aliphatic rings. The second-order valence-corrected chi connectivity index (χ2v) is 5.12. The summed E-state index contributed by atoms with van der Waals surface area (Å²) in [5.41, 5.74) is 0.325. The van der Waals surface area contributed by atoms with Gasteiger partial charge in [0.15, 0.2) is 0 Å². The van der Waals surface area contributed by atoms with Gasteiger partial charge in [0.25, 0.3) is 0 Å². The van der Waals surface area contributed by atoms with Crippen LogP contribution in [0.5, 0.6) is 0 Å². The van der Waals surface area contributed by atoms with Crippen molar-refractivity contribution in [3.05, 3.63) is 0 Å². The molecule has 0 aromatic heterocycles. The summed E-state index contributed by atoms with van der Waals surface area (Å²) in [6.45, 7) is 11.2. The van der Waals surface area contributed by atoms with Crippen LogP contribution in [-0.2, 0) is 0 Å². The van der Waals surface area contributed by atoms with E-state index in [1.807, 2.05) is 0 Å². The third-order valence-corrected chi connectivity index (χ3v) is 2.92. The fourth-order valence-electron chi connectivity index (χ4n) is 1.12. The molecule has 0 rings (SSSR count). The van der Waals surface area contributed by atoms with E-state index in [2.05, 4.69) is 65.6 Å². The van der Waals surface area contributed by atoms with Gasteiger partial charge >= 0.3 is 0 Å². The minimum absolute atomic E-state index is 0.109. The van der Waals surface area contributed by atoms with E-state index in [9.17, 15) is 0 Å². The average Bonchev–Trinajstić information content (AvgIpc) is 1.83. The first-order chi connectivity index (χ1) is 5.10. The van der Waals surface area contributed by atoms with Gasteiger partial charge in [0.1, 0.15) is 0 Å². The van der Waals surface area contributed by atoms with Gasteiger partial charge in [-0.15, -0.1) is 0 Å². The summed E-state index contributed by atoms with van der Waals surface area (Å²) in [5.74, 6) is 0. The van der Waals surface area contributed by atoms with Gasteiger partial charge < -0.3 is 0 Å². The number of rotatable bonds is 2. The maximum Gasteiger partial charge on any atom is 0.0676 e. The summed E-state index contributed by atoms with van der Waals surface area (Å²) in [6.07, 6.45) is 0. The molecule has 0 aromatic rings. The molecule has 0 aliphatic heterocycles. The van der Waals surface area contributed by atoms with Crippen LogP contribution in [0.25, 0.3) is 0 Å². The Morgan fingerprint density at radius 2 is 1.08 bits per heavy atom. The zero-order valence-electron chi connectivity index (χ0n) is 9.89.